The molecule has 4 N–H and O–H groups in total. The van der Waals surface area contributed by atoms with Crippen LogP contribution in [-0.4, -0.2) is 18.5 Å². The third kappa shape index (κ3) is 3.79. The number of carbonyl (C=O) groups excluding carboxylic acids is 1. The van der Waals surface area contributed by atoms with Gasteiger partial charge in [-0.2, -0.15) is 5.26 Å². The van der Waals surface area contributed by atoms with Crippen LogP contribution in [0.2, 0.25) is 0 Å². The zero-order valence-electron chi connectivity index (χ0n) is 8.44. The van der Waals surface area contributed by atoms with Crippen molar-refractivity contribution in [2.24, 2.45) is 0 Å². The molecule has 4 nitrogen and oxygen atoms in total. The molecule has 0 radical (unpaired) electrons. The zero-order valence-corrected chi connectivity index (χ0v) is 8.44. The van der Waals surface area contributed by atoms with Crippen LogP contribution >= 0.6 is 0 Å². The Balaban J connectivity index is 2.55. The number of quaternary nitrogens is 1. The monoisotopic (exact) mass is 204 g/mol. The highest BCUT2D eigenvalue weighted by atomic mass is 16.1. The summed E-state index contributed by atoms with van der Waals surface area (Å²) in [4.78, 5) is 11.0. The molecule has 1 rings (SSSR count). The lowest BCUT2D eigenvalue weighted by Crippen LogP contribution is -2.58. The van der Waals surface area contributed by atoms with Crippen molar-refractivity contribution in [3.8, 4) is 6.07 Å². The Morgan fingerprint density at radius 3 is 2.67 bits per heavy atom. The zero-order chi connectivity index (χ0) is 11.1. The topological polar surface area (TPSA) is 80.5 Å². The van der Waals surface area contributed by atoms with Gasteiger partial charge in [0.25, 0.3) is 5.91 Å². The Morgan fingerprint density at radius 2 is 2.13 bits per heavy atom. The van der Waals surface area contributed by atoms with Gasteiger partial charge in [-0.15, -0.1) is 0 Å². The van der Waals surface area contributed by atoms with E-state index in [4.69, 9.17) is 5.26 Å². The number of rotatable bonds is 4. The van der Waals surface area contributed by atoms with Gasteiger partial charge in [-0.1, -0.05) is 30.3 Å². The van der Waals surface area contributed by atoms with E-state index in [2.05, 4.69) is 17.1 Å². The van der Waals surface area contributed by atoms with E-state index >= 15 is 0 Å². The first-order chi connectivity index (χ1) is 7.26. The van der Waals surface area contributed by atoms with Crippen molar-refractivity contribution in [2.45, 2.75) is 12.5 Å². The van der Waals surface area contributed by atoms with Gasteiger partial charge in [0.05, 0.1) is 6.07 Å². The van der Waals surface area contributed by atoms with Crippen molar-refractivity contribution in [1.82, 2.24) is 5.32 Å². The highest BCUT2D eigenvalue weighted by molar-refractivity contribution is 5.77. The quantitative estimate of drug-likeness (QED) is 0.692. The average molecular weight is 204 g/mol. The van der Waals surface area contributed by atoms with Crippen molar-refractivity contribution >= 4 is 5.91 Å². The maximum Gasteiger partial charge on any atom is 0.276 e. The molecule has 0 aliphatic carbocycles. The van der Waals surface area contributed by atoms with Crippen LogP contribution in [0.1, 0.15) is 5.56 Å². The van der Waals surface area contributed by atoms with E-state index in [9.17, 15) is 4.79 Å². The van der Waals surface area contributed by atoms with E-state index in [0.29, 0.717) is 6.42 Å². The molecule has 4 heteroatoms. The Morgan fingerprint density at radius 1 is 1.47 bits per heavy atom. The standard InChI is InChI=1S/C11H13N3O/c12-7-10(14-11(15)8-13)6-9-4-2-1-3-5-9/h1-5,10H,6,8,13H2,(H,14,15)/p+1. The van der Waals surface area contributed by atoms with Crippen LogP contribution in [0, 0.1) is 11.3 Å². The molecule has 0 saturated carbocycles. The van der Waals surface area contributed by atoms with Crippen LogP contribution in [0.3, 0.4) is 0 Å². The SMILES string of the molecule is N#CC(Cc1ccccc1)NC(=O)C[NH3+]. The highest BCUT2D eigenvalue weighted by Gasteiger charge is 2.11. The Hall–Kier alpha value is -1.86. The molecule has 0 aromatic heterocycles. The van der Waals surface area contributed by atoms with Crippen molar-refractivity contribution in [3.05, 3.63) is 35.9 Å². The molecule has 0 saturated heterocycles. The molecule has 1 aromatic carbocycles. The summed E-state index contributed by atoms with van der Waals surface area (Å²) < 4.78 is 0. The number of hydrogen-bond acceptors (Lipinski definition) is 2. The maximum absolute atomic E-state index is 11.0. The van der Waals surface area contributed by atoms with E-state index in [1.165, 1.54) is 0 Å². The van der Waals surface area contributed by atoms with Crippen LogP contribution in [0.25, 0.3) is 0 Å². The van der Waals surface area contributed by atoms with Crippen molar-refractivity contribution < 1.29 is 10.5 Å². The van der Waals surface area contributed by atoms with Gasteiger partial charge in [0.15, 0.2) is 6.54 Å². The molecule has 1 atom stereocenters. The average Bonchev–Trinajstić information content (AvgIpc) is 2.29. The van der Waals surface area contributed by atoms with E-state index < -0.39 is 6.04 Å². The third-order valence-corrected chi connectivity index (χ3v) is 2.00. The smallest absolute Gasteiger partial charge is 0.276 e. The molecule has 0 aliphatic heterocycles. The van der Waals surface area contributed by atoms with Crippen molar-refractivity contribution in [3.63, 3.8) is 0 Å². The normalized spacial score (nSPS) is 11.5. The number of nitriles is 1. The lowest BCUT2D eigenvalue weighted by molar-refractivity contribution is -0.355. The van der Waals surface area contributed by atoms with Crippen molar-refractivity contribution in [2.75, 3.05) is 6.54 Å². The number of carbonyl (C=O) groups is 1. The second-order valence-corrected chi connectivity index (χ2v) is 3.19. The predicted molar refractivity (Wildman–Crippen MR) is 55.4 cm³/mol. The van der Waals surface area contributed by atoms with E-state index in [0.717, 1.165) is 5.56 Å². The number of nitrogens with one attached hydrogen (secondary N) is 1. The minimum atomic E-state index is -0.471. The molecule has 0 aliphatic rings. The fourth-order valence-electron chi connectivity index (χ4n) is 1.25. The molecule has 78 valence electrons. The number of nitrogens with zero attached hydrogens (tertiary/aromatic N) is 1. The van der Waals surface area contributed by atoms with Gasteiger partial charge in [-0.05, 0) is 5.56 Å². The molecule has 0 heterocycles. The lowest BCUT2D eigenvalue weighted by atomic mass is 10.1. The summed E-state index contributed by atoms with van der Waals surface area (Å²) >= 11 is 0. The molecule has 1 aromatic rings. The van der Waals surface area contributed by atoms with Crippen LogP contribution in [-0.2, 0) is 11.2 Å². The summed E-state index contributed by atoms with van der Waals surface area (Å²) in [6, 6.07) is 11.2. The van der Waals surface area contributed by atoms with Gasteiger partial charge in [-0.25, -0.2) is 0 Å². The van der Waals surface area contributed by atoms with Crippen molar-refractivity contribution in [1.29, 1.82) is 5.26 Å². The summed E-state index contributed by atoms with van der Waals surface area (Å²) in [5.41, 5.74) is 4.49. The van der Waals surface area contributed by atoms with Gasteiger partial charge in [-0.3, -0.25) is 4.79 Å². The Labute approximate surface area is 88.7 Å². The van der Waals surface area contributed by atoms with Gasteiger partial charge in [0.2, 0.25) is 0 Å². The first kappa shape index (κ1) is 11.2. The minimum absolute atomic E-state index is 0.160. The summed E-state index contributed by atoms with van der Waals surface area (Å²) in [5, 5.41) is 11.4. The fourth-order valence-corrected chi connectivity index (χ4v) is 1.25. The van der Waals surface area contributed by atoms with E-state index in [1.54, 1.807) is 0 Å². The summed E-state index contributed by atoms with van der Waals surface area (Å²) in [5.74, 6) is -0.197. The number of amides is 1. The number of benzene rings is 1. The predicted octanol–water partition coefficient (Wildman–Crippen LogP) is -0.521. The molecule has 0 bridgehead atoms. The van der Waals surface area contributed by atoms with E-state index in [1.807, 2.05) is 30.3 Å². The molecule has 0 spiro atoms. The third-order valence-electron chi connectivity index (χ3n) is 2.00. The second-order valence-electron chi connectivity index (χ2n) is 3.19. The van der Waals surface area contributed by atoms with Gasteiger partial charge in [0.1, 0.15) is 6.04 Å². The summed E-state index contributed by atoms with van der Waals surface area (Å²) in [6.45, 7) is 0.160. The maximum atomic E-state index is 11.0. The molecular weight excluding hydrogens is 190 g/mol. The molecule has 15 heavy (non-hydrogen) atoms. The van der Waals surface area contributed by atoms with Crippen LogP contribution < -0.4 is 11.1 Å². The Kier molecular flexibility index (Phi) is 4.32. The van der Waals surface area contributed by atoms with Gasteiger partial charge in [0, 0.05) is 6.42 Å². The van der Waals surface area contributed by atoms with Crippen LogP contribution in [0.15, 0.2) is 30.3 Å². The van der Waals surface area contributed by atoms with Gasteiger partial charge < -0.3 is 11.1 Å². The highest BCUT2D eigenvalue weighted by Crippen LogP contribution is 2.02. The van der Waals surface area contributed by atoms with Crippen LogP contribution in [0.5, 0.6) is 0 Å². The minimum Gasteiger partial charge on any atom is -0.350 e. The van der Waals surface area contributed by atoms with Gasteiger partial charge >= 0.3 is 0 Å². The molecule has 1 unspecified atom stereocenters. The van der Waals surface area contributed by atoms with Crippen LogP contribution in [0.4, 0.5) is 0 Å². The fraction of sp³-hybridized carbons (Fsp3) is 0.273. The lowest BCUT2D eigenvalue weighted by Gasteiger charge is -2.09. The molecular formula is C11H14N3O+. The number of hydrogen-bond donors (Lipinski definition) is 2. The van der Waals surface area contributed by atoms with E-state index in [-0.39, 0.29) is 12.5 Å². The Bertz CT molecular complexity index is 356. The first-order valence-corrected chi connectivity index (χ1v) is 4.78. The first-order valence-electron chi connectivity index (χ1n) is 4.78. The summed E-state index contributed by atoms with van der Waals surface area (Å²) in [7, 11) is 0. The second kappa shape index (κ2) is 5.78. The molecule has 1 amide bonds. The molecule has 0 fully saturated rings. The summed E-state index contributed by atoms with van der Waals surface area (Å²) in [6.07, 6.45) is 0.531. The largest absolute Gasteiger partial charge is 0.350 e.